The minimum absolute atomic E-state index is 0.0812. The predicted molar refractivity (Wildman–Crippen MR) is 84.1 cm³/mol. The van der Waals surface area contributed by atoms with Gasteiger partial charge < -0.3 is 14.8 Å². The summed E-state index contributed by atoms with van der Waals surface area (Å²) in [7, 11) is 0. The number of nitrogens with one attached hydrogen (secondary N) is 1. The molecule has 5 heteroatoms. The Morgan fingerprint density at radius 3 is 2.91 bits per heavy atom. The number of carbonyl (C=O) groups excluding carboxylic acids is 1. The number of carbonyl (C=O) groups is 1. The second kappa shape index (κ2) is 6.84. The van der Waals surface area contributed by atoms with Gasteiger partial charge in [0.15, 0.2) is 6.61 Å². The van der Waals surface area contributed by atoms with Gasteiger partial charge in [-0.2, -0.15) is 5.26 Å². The summed E-state index contributed by atoms with van der Waals surface area (Å²) in [5, 5.41) is 12.0. The van der Waals surface area contributed by atoms with E-state index in [0.29, 0.717) is 17.9 Å². The minimum Gasteiger partial charge on any atom is -0.493 e. The molecule has 1 aliphatic heterocycles. The molecule has 0 saturated heterocycles. The van der Waals surface area contributed by atoms with Crippen LogP contribution in [0, 0.1) is 11.3 Å². The van der Waals surface area contributed by atoms with Crippen LogP contribution in [-0.2, 0) is 4.79 Å². The number of fused-ring (bicyclic) bond motifs is 1. The standard InChI is InChI=1S/C18H16N2O3/c19-11-13-5-1-3-7-16(13)23-12-18(21)20-15-9-10-22-17-8-4-2-6-14(15)17/h1-8,15H,9-10,12H2,(H,20,21)/t15-/m0/s1. The minimum atomic E-state index is -0.223. The summed E-state index contributed by atoms with van der Waals surface area (Å²) in [5.74, 6) is 0.997. The van der Waals surface area contributed by atoms with E-state index in [1.54, 1.807) is 24.3 Å². The number of hydrogen-bond acceptors (Lipinski definition) is 4. The highest BCUT2D eigenvalue weighted by molar-refractivity contribution is 5.78. The number of ether oxygens (including phenoxy) is 2. The fraction of sp³-hybridized carbons (Fsp3) is 0.222. The molecule has 0 saturated carbocycles. The van der Waals surface area contributed by atoms with Crippen LogP contribution in [0.2, 0.25) is 0 Å². The zero-order chi connectivity index (χ0) is 16.1. The molecule has 0 radical (unpaired) electrons. The highest BCUT2D eigenvalue weighted by Gasteiger charge is 2.22. The van der Waals surface area contributed by atoms with Gasteiger partial charge in [-0.1, -0.05) is 30.3 Å². The molecule has 0 bridgehead atoms. The Hall–Kier alpha value is -3.00. The van der Waals surface area contributed by atoms with Crippen LogP contribution in [0.4, 0.5) is 0 Å². The van der Waals surface area contributed by atoms with Crippen molar-refractivity contribution in [2.24, 2.45) is 0 Å². The number of amides is 1. The van der Waals surface area contributed by atoms with Crippen LogP contribution < -0.4 is 14.8 Å². The summed E-state index contributed by atoms with van der Waals surface area (Å²) in [5.41, 5.74) is 1.39. The first-order chi connectivity index (χ1) is 11.3. The molecular weight excluding hydrogens is 292 g/mol. The third-order valence-electron chi connectivity index (χ3n) is 3.66. The van der Waals surface area contributed by atoms with Crippen molar-refractivity contribution >= 4 is 5.91 Å². The number of rotatable bonds is 4. The first kappa shape index (κ1) is 14.9. The van der Waals surface area contributed by atoms with Gasteiger partial charge in [0, 0.05) is 12.0 Å². The van der Waals surface area contributed by atoms with E-state index >= 15 is 0 Å². The van der Waals surface area contributed by atoms with E-state index in [9.17, 15) is 4.79 Å². The summed E-state index contributed by atoms with van der Waals surface area (Å²) in [4.78, 5) is 12.1. The van der Waals surface area contributed by atoms with Gasteiger partial charge in [-0.25, -0.2) is 0 Å². The van der Waals surface area contributed by atoms with E-state index in [4.69, 9.17) is 14.7 Å². The van der Waals surface area contributed by atoms with E-state index in [1.165, 1.54) is 0 Å². The Morgan fingerprint density at radius 2 is 2.04 bits per heavy atom. The van der Waals surface area contributed by atoms with Crippen molar-refractivity contribution in [2.75, 3.05) is 13.2 Å². The van der Waals surface area contributed by atoms with E-state index in [-0.39, 0.29) is 18.6 Å². The van der Waals surface area contributed by atoms with Crippen LogP contribution in [0.1, 0.15) is 23.6 Å². The molecule has 0 aromatic heterocycles. The Bertz CT molecular complexity index is 752. The van der Waals surface area contributed by atoms with Gasteiger partial charge in [0.1, 0.15) is 17.6 Å². The first-order valence-corrected chi connectivity index (χ1v) is 7.41. The predicted octanol–water partition coefficient (Wildman–Crippen LogP) is 2.58. The Morgan fingerprint density at radius 1 is 1.26 bits per heavy atom. The largest absolute Gasteiger partial charge is 0.493 e. The maximum absolute atomic E-state index is 12.1. The summed E-state index contributed by atoms with van der Waals surface area (Å²) in [6.07, 6.45) is 0.720. The summed E-state index contributed by atoms with van der Waals surface area (Å²) in [6, 6.07) is 16.5. The molecule has 0 fully saturated rings. The molecule has 1 atom stereocenters. The van der Waals surface area contributed by atoms with Gasteiger partial charge in [0.2, 0.25) is 0 Å². The summed E-state index contributed by atoms with van der Waals surface area (Å²) >= 11 is 0. The second-order valence-electron chi connectivity index (χ2n) is 5.19. The molecule has 1 aliphatic rings. The van der Waals surface area contributed by atoms with Crippen molar-refractivity contribution in [1.82, 2.24) is 5.32 Å². The highest BCUT2D eigenvalue weighted by Crippen LogP contribution is 2.31. The second-order valence-corrected chi connectivity index (χ2v) is 5.19. The van der Waals surface area contributed by atoms with Crippen molar-refractivity contribution in [3.8, 4) is 17.6 Å². The SMILES string of the molecule is N#Cc1ccccc1OCC(=O)N[C@H]1CCOc2ccccc21. The van der Waals surface area contributed by atoms with Crippen LogP contribution in [0.3, 0.4) is 0 Å². The van der Waals surface area contributed by atoms with E-state index in [0.717, 1.165) is 17.7 Å². The van der Waals surface area contributed by atoms with Crippen LogP contribution in [0.25, 0.3) is 0 Å². The molecule has 3 rings (SSSR count). The zero-order valence-corrected chi connectivity index (χ0v) is 12.5. The van der Waals surface area contributed by atoms with E-state index in [1.807, 2.05) is 30.3 Å². The topological polar surface area (TPSA) is 71.3 Å². The van der Waals surface area contributed by atoms with Crippen molar-refractivity contribution in [2.45, 2.75) is 12.5 Å². The monoisotopic (exact) mass is 308 g/mol. The normalized spacial score (nSPS) is 15.7. The van der Waals surface area contributed by atoms with Crippen LogP contribution >= 0.6 is 0 Å². The fourth-order valence-corrected chi connectivity index (χ4v) is 2.56. The third kappa shape index (κ3) is 3.43. The molecule has 116 valence electrons. The molecule has 2 aromatic carbocycles. The molecule has 0 aliphatic carbocycles. The smallest absolute Gasteiger partial charge is 0.258 e. The maximum Gasteiger partial charge on any atom is 0.258 e. The maximum atomic E-state index is 12.1. The molecule has 1 N–H and O–H groups in total. The van der Waals surface area contributed by atoms with Crippen molar-refractivity contribution in [1.29, 1.82) is 5.26 Å². The van der Waals surface area contributed by atoms with Gasteiger partial charge in [0.05, 0.1) is 18.2 Å². The molecule has 0 spiro atoms. The van der Waals surface area contributed by atoms with Gasteiger partial charge in [0.25, 0.3) is 5.91 Å². The zero-order valence-electron chi connectivity index (χ0n) is 12.5. The fourth-order valence-electron chi connectivity index (χ4n) is 2.56. The Labute approximate surface area is 134 Å². The third-order valence-corrected chi connectivity index (χ3v) is 3.66. The lowest BCUT2D eigenvalue weighted by molar-refractivity contribution is -0.124. The summed E-state index contributed by atoms with van der Waals surface area (Å²) < 4.78 is 11.0. The number of nitrogens with zero attached hydrogens (tertiary/aromatic N) is 1. The van der Waals surface area contributed by atoms with E-state index < -0.39 is 0 Å². The molecule has 1 heterocycles. The van der Waals surface area contributed by atoms with Gasteiger partial charge >= 0.3 is 0 Å². The first-order valence-electron chi connectivity index (χ1n) is 7.41. The van der Waals surface area contributed by atoms with Crippen molar-refractivity contribution in [3.63, 3.8) is 0 Å². The highest BCUT2D eigenvalue weighted by atomic mass is 16.5. The lowest BCUT2D eigenvalue weighted by atomic mass is 10.0. The molecule has 1 amide bonds. The molecular formula is C18H16N2O3. The van der Waals surface area contributed by atoms with Gasteiger partial charge in [-0.15, -0.1) is 0 Å². The molecule has 0 unspecified atom stereocenters. The molecule has 5 nitrogen and oxygen atoms in total. The van der Waals surface area contributed by atoms with Crippen LogP contribution in [0.5, 0.6) is 11.5 Å². The van der Waals surface area contributed by atoms with Gasteiger partial charge in [-0.05, 0) is 18.2 Å². The van der Waals surface area contributed by atoms with Crippen molar-refractivity contribution in [3.05, 3.63) is 59.7 Å². The van der Waals surface area contributed by atoms with Gasteiger partial charge in [-0.3, -0.25) is 4.79 Å². The van der Waals surface area contributed by atoms with Crippen LogP contribution in [-0.4, -0.2) is 19.1 Å². The average molecular weight is 308 g/mol. The number of benzene rings is 2. The quantitative estimate of drug-likeness (QED) is 0.942. The average Bonchev–Trinajstić information content (AvgIpc) is 2.60. The van der Waals surface area contributed by atoms with Crippen LogP contribution in [0.15, 0.2) is 48.5 Å². The Balaban J connectivity index is 1.62. The number of para-hydroxylation sites is 2. The number of hydrogen-bond donors (Lipinski definition) is 1. The Kier molecular flexibility index (Phi) is 4.44. The molecule has 23 heavy (non-hydrogen) atoms. The van der Waals surface area contributed by atoms with Crippen molar-refractivity contribution < 1.29 is 14.3 Å². The lowest BCUT2D eigenvalue weighted by Crippen LogP contribution is -2.35. The lowest BCUT2D eigenvalue weighted by Gasteiger charge is -2.26. The number of nitriles is 1. The molecule has 2 aromatic rings. The van der Waals surface area contributed by atoms with E-state index in [2.05, 4.69) is 5.32 Å². The summed E-state index contributed by atoms with van der Waals surface area (Å²) in [6.45, 7) is 0.443.